The molecule has 4 rings (SSSR count). The zero-order valence-electron chi connectivity index (χ0n) is 28.0. The highest BCUT2D eigenvalue weighted by molar-refractivity contribution is 7.90. The zero-order valence-corrected chi connectivity index (χ0v) is 28.8. The number of carbonyl (C=O) groups excluding carboxylic acids is 2. The summed E-state index contributed by atoms with van der Waals surface area (Å²) in [6.45, 7) is 2.83. The Morgan fingerprint density at radius 2 is 1.29 bits per heavy atom. The number of benzene rings is 3. The Morgan fingerprint density at radius 1 is 0.776 bits per heavy atom. The van der Waals surface area contributed by atoms with Gasteiger partial charge in [0.15, 0.2) is 9.84 Å². The van der Waals surface area contributed by atoms with Crippen molar-refractivity contribution in [1.82, 2.24) is 9.80 Å². The minimum atomic E-state index is -3.72. The Labute approximate surface area is 285 Å². The Kier molecular flexibility index (Phi) is 16.6. The average molecular weight is 703 g/mol. The van der Waals surface area contributed by atoms with E-state index < -0.39 is 37.6 Å². The van der Waals surface area contributed by atoms with Gasteiger partial charge in [-0.15, -0.1) is 0 Å². The minimum absolute atomic E-state index is 0.0649. The average Bonchev–Trinajstić information content (AvgIpc) is 3.70. The van der Waals surface area contributed by atoms with Crippen LogP contribution in [0.5, 0.6) is 0 Å². The molecule has 3 aromatic rings. The van der Waals surface area contributed by atoms with E-state index in [1.54, 1.807) is 50.5 Å². The smallest absolute Gasteiger partial charge is 0.409 e. The molecule has 16 heteroatoms. The van der Waals surface area contributed by atoms with Crippen LogP contribution in [0.3, 0.4) is 0 Å². The van der Waals surface area contributed by atoms with Crippen LogP contribution in [0.1, 0.15) is 29.5 Å². The van der Waals surface area contributed by atoms with E-state index in [4.69, 9.17) is 4.74 Å². The van der Waals surface area contributed by atoms with Crippen molar-refractivity contribution in [3.05, 3.63) is 110 Å². The third-order valence-corrected chi connectivity index (χ3v) is 8.89. The van der Waals surface area contributed by atoms with E-state index in [2.05, 4.69) is 9.47 Å². The maximum atomic E-state index is 12.6. The second-order valence-electron chi connectivity index (χ2n) is 10.8. The van der Waals surface area contributed by atoms with Crippen molar-refractivity contribution in [2.45, 2.75) is 36.3 Å². The first-order valence-electron chi connectivity index (χ1n) is 15.2. The number of amides is 2. The van der Waals surface area contributed by atoms with Gasteiger partial charge in [0, 0.05) is 64.2 Å². The molecule has 49 heavy (non-hydrogen) atoms. The van der Waals surface area contributed by atoms with Gasteiger partial charge in [-0.2, -0.15) is 0 Å². The molecule has 0 aromatic heterocycles. The van der Waals surface area contributed by atoms with Crippen molar-refractivity contribution >= 4 is 33.4 Å². The minimum Gasteiger partial charge on any atom is -0.453 e. The van der Waals surface area contributed by atoms with Crippen molar-refractivity contribution in [1.29, 1.82) is 0 Å². The molecule has 2 amide bonds. The molecule has 0 radical (unpaired) electrons. The largest absolute Gasteiger partial charge is 0.453 e. The van der Waals surface area contributed by atoms with Crippen molar-refractivity contribution in [3.8, 4) is 0 Å². The van der Waals surface area contributed by atoms with E-state index in [-0.39, 0.29) is 21.8 Å². The Bertz CT molecular complexity index is 1620. The highest BCUT2D eigenvalue weighted by Crippen LogP contribution is 2.25. The molecule has 15 nitrogen and oxygen atoms in total. The van der Waals surface area contributed by atoms with Crippen LogP contribution in [0, 0.1) is 20.2 Å². The number of likely N-dealkylation sites (N-methyl/N-ethyl adjacent to an activating group) is 2. The predicted molar refractivity (Wildman–Crippen MR) is 181 cm³/mol. The van der Waals surface area contributed by atoms with Crippen LogP contribution < -0.4 is 0 Å². The number of ether oxygens (including phenoxy) is 3. The van der Waals surface area contributed by atoms with Crippen LogP contribution in [-0.2, 0) is 42.6 Å². The number of hydrogen-bond acceptors (Lipinski definition) is 11. The van der Waals surface area contributed by atoms with E-state index in [1.807, 2.05) is 0 Å². The van der Waals surface area contributed by atoms with Gasteiger partial charge in [0.1, 0.15) is 0 Å². The molecule has 1 saturated heterocycles. The molecule has 0 N–H and O–H groups in total. The van der Waals surface area contributed by atoms with Gasteiger partial charge in [0.05, 0.1) is 34.7 Å². The lowest BCUT2D eigenvalue weighted by Gasteiger charge is -2.15. The maximum Gasteiger partial charge on any atom is 0.409 e. The second kappa shape index (κ2) is 20.3. The van der Waals surface area contributed by atoms with E-state index in [9.17, 15) is 38.2 Å². The predicted octanol–water partition coefficient (Wildman–Crippen LogP) is 5.44. The summed E-state index contributed by atoms with van der Waals surface area (Å²) in [5.74, 6) is -0.478. The highest BCUT2D eigenvalue weighted by atomic mass is 32.2. The van der Waals surface area contributed by atoms with E-state index >= 15 is 0 Å². The van der Waals surface area contributed by atoms with Crippen LogP contribution in [0.15, 0.2) is 77.7 Å². The molecule has 0 atom stereocenters. The van der Waals surface area contributed by atoms with Gasteiger partial charge < -0.3 is 24.0 Å². The summed E-state index contributed by atoms with van der Waals surface area (Å²) >= 11 is 0. The molecule has 266 valence electrons. The Hall–Kier alpha value is -5.09. The molecule has 1 aliphatic heterocycles. The Morgan fingerprint density at radius 3 is 1.73 bits per heavy atom. The summed E-state index contributed by atoms with van der Waals surface area (Å²) in [5, 5.41) is 21.7. The fourth-order valence-corrected chi connectivity index (χ4v) is 5.77. The fraction of sp³-hybridized carbons (Fsp3) is 0.394. The summed E-state index contributed by atoms with van der Waals surface area (Å²) in [6, 6.07) is 18.4. The molecule has 0 unspecified atom stereocenters. The molecule has 1 fully saturated rings. The molecule has 0 aliphatic carbocycles. The number of carbonyl (C=O) groups is 2. The summed E-state index contributed by atoms with van der Waals surface area (Å²) in [7, 11) is 2.08. The molecule has 1 aliphatic rings. The first-order chi connectivity index (χ1) is 23.3. The van der Waals surface area contributed by atoms with E-state index in [0.717, 1.165) is 18.8 Å². The second-order valence-corrected chi connectivity index (χ2v) is 12.8. The summed E-state index contributed by atoms with van der Waals surface area (Å²) in [5.41, 5.74) is 1.55. The normalized spacial score (nSPS) is 11.9. The molecule has 3 aromatic carbocycles. The van der Waals surface area contributed by atoms with Gasteiger partial charge in [-0.1, -0.05) is 36.4 Å². The topological polar surface area (TPSA) is 189 Å². The Balaban J connectivity index is 0.000000320. The van der Waals surface area contributed by atoms with Crippen molar-refractivity contribution in [2.24, 2.45) is 0 Å². The van der Waals surface area contributed by atoms with Crippen LogP contribution in [0.2, 0.25) is 0 Å². The van der Waals surface area contributed by atoms with Crippen LogP contribution >= 0.6 is 0 Å². The maximum absolute atomic E-state index is 12.6. The number of nitro groups is 2. The van der Waals surface area contributed by atoms with Crippen LogP contribution in [-0.4, -0.2) is 94.9 Å². The van der Waals surface area contributed by atoms with Gasteiger partial charge in [-0.05, 0) is 55.0 Å². The molecular formula is C33H42N4O11S. The van der Waals surface area contributed by atoms with Gasteiger partial charge in [0.2, 0.25) is 0 Å². The lowest BCUT2D eigenvalue weighted by molar-refractivity contribution is -0.385. The number of nitro benzene ring substituents is 2. The monoisotopic (exact) mass is 702 g/mol. The highest BCUT2D eigenvalue weighted by Gasteiger charge is 2.22. The fourth-order valence-electron chi connectivity index (χ4n) is 4.39. The quantitative estimate of drug-likeness (QED) is 0.183. The first-order valence-corrected chi connectivity index (χ1v) is 16.9. The summed E-state index contributed by atoms with van der Waals surface area (Å²) in [4.78, 5) is 46.1. The summed E-state index contributed by atoms with van der Waals surface area (Å²) < 4.78 is 39.3. The van der Waals surface area contributed by atoms with E-state index in [1.165, 1.54) is 73.3 Å². The van der Waals surface area contributed by atoms with Crippen molar-refractivity contribution in [3.63, 3.8) is 0 Å². The van der Waals surface area contributed by atoms with Gasteiger partial charge in [-0.3, -0.25) is 20.2 Å². The van der Waals surface area contributed by atoms with Crippen molar-refractivity contribution in [2.75, 3.05) is 54.6 Å². The number of sulfone groups is 1. The van der Waals surface area contributed by atoms with Gasteiger partial charge >= 0.3 is 12.2 Å². The lowest BCUT2D eigenvalue weighted by Crippen LogP contribution is -2.28. The number of non-ortho nitro benzene ring substituents is 1. The number of methoxy groups -OCH3 is 2. The van der Waals surface area contributed by atoms with E-state index in [0.29, 0.717) is 31.5 Å². The molecular weight excluding hydrogens is 660 g/mol. The molecule has 1 heterocycles. The molecule has 0 saturated carbocycles. The van der Waals surface area contributed by atoms with Crippen LogP contribution in [0.25, 0.3) is 0 Å². The molecule has 0 spiro atoms. The summed E-state index contributed by atoms with van der Waals surface area (Å²) in [6.07, 6.45) is 2.70. The SMILES string of the molecule is C1CCOC1.COC(=O)N(C)CCc1ccc([N+](=O)[O-])c(CS(=O)(=O)c2ccccc2)c1.COC(=O)N(C)CCc1ccc([N+](=O)[O-])cc1. The number of nitrogens with zero attached hydrogens (tertiary/aromatic N) is 4. The zero-order chi connectivity index (χ0) is 36.4. The number of hydrogen-bond donors (Lipinski definition) is 0. The van der Waals surface area contributed by atoms with Gasteiger partial charge in [0.25, 0.3) is 11.4 Å². The standard InChI is InChI=1S/C18H20N2O6S.C11H14N2O4.C4H8O/c1-19(18(21)26-2)11-10-14-8-9-17(20(22)23)15(12-14)13-27(24,25)16-6-4-3-5-7-16;1-12(11(14)17-2)8-7-9-3-5-10(6-4-9)13(15)16;1-2-4-5-3-1/h3-9,12H,10-11,13H2,1-2H3;3-6H,7-8H2,1-2H3;1-4H2. The van der Waals surface area contributed by atoms with Gasteiger partial charge in [-0.25, -0.2) is 18.0 Å². The third kappa shape index (κ3) is 13.9. The van der Waals surface area contributed by atoms with Crippen molar-refractivity contribution < 1.29 is 42.1 Å². The first kappa shape index (κ1) is 40.1. The lowest BCUT2D eigenvalue weighted by atomic mass is 10.1. The third-order valence-electron chi connectivity index (χ3n) is 7.21. The van der Waals surface area contributed by atoms with Crippen LogP contribution in [0.4, 0.5) is 21.0 Å². The molecule has 0 bridgehead atoms. The number of rotatable bonds is 11.